The number of carbonyl (C=O) groups excluding carboxylic acids is 1. The van der Waals surface area contributed by atoms with E-state index in [1.165, 1.54) is 12.1 Å². The highest BCUT2D eigenvalue weighted by atomic mass is 19.4. The molecule has 1 aliphatic rings. The van der Waals surface area contributed by atoms with E-state index >= 15 is 0 Å². The zero-order chi connectivity index (χ0) is 29.3. The van der Waals surface area contributed by atoms with Gasteiger partial charge in [-0.1, -0.05) is 36.4 Å². The number of amides is 2. The maximum atomic E-state index is 14.8. The normalized spacial score (nSPS) is 15.4. The topological polar surface area (TPSA) is 50.4 Å². The zero-order valence-corrected chi connectivity index (χ0v) is 20.3. The van der Waals surface area contributed by atoms with Crippen LogP contribution in [-0.2, 0) is 18.1 Å². The molecule has 13 heteroatoms. The molecule has 4 nitrogen and oxygen atoms in total. The summed E-state index contributed by atoms with van der Waals surface area (Å²) in [7, 11) is 0. The summed E-state index contributed by atoms with van der Waals surface area (Å²) in [6.07, 6.45) is -13.7. The van der Waals surface area contributed by atoms with Crippen molar-refractivity contribution in [2.75, 3.05) is 0 Å². The maximum Gasteiger partial charge on any atom is 0.461 e. The number of alkyl halides is 7. The molecule has 40 heavy (non-hydrogen) atoms. The van der Waals surface area contributed by atoms with Crippen LogP contribution in [0.15, 0.2) is 66.7 Å². The number of benzene rings is 3. The van der Waals surface area contributed by atoms with Gasteiger partial charge in [0.2, 0.25) is 0 Å². The number of nitrogens with one attached hydrogen (secondary N) is 2. The first-order chi connectivity index (χ1) is 18.7. The molecule has 0 spiro atoms. The summed E-state index contributed by atoms with van der Waals surface area (Å²) in [5, 5.41) is 5.11. The number of carbonyl (C=O) groups is 1. The minimum Gasteiger partial charge on any atom is -0.428 e. The van der Waals surface area contributed by atoms with Crippen LogP contribution >= 0.6 is 0 Å². The number of rotatable bonds is 9. The molecule has 0 heterocycles. The second-order valence-electron chi connectivity index (χ2n) is 9.27. The number of hydrogen-bond acceptors (Lipinski definition) is 2. The lowest BCUT2D eigenvalue weighted by Gasteiger charge is -2.37. The Balaban J connectivity index is 1.97. The number of hydrogen-bond donors (Lipinski definition) is 2. The van der Waals surface area contributed by atoms with Gasteiger partial charge in [0.1, 0.15) is 17.4 Å². The van der Waals surface area contributed by atoms with E-state index in [0.717, 1.165) is 12.1 Å². The zero-order valence-electron chi connectivity index (χ0n) is 20.3. The van der Waals surface area contributed by atoms with Crippen LogP contribution < -0.4 is 15.4 Å². The van der Waals surface area contributed by atoms with Gasteiger partial charge in [-0.3, -0.25) is 0 Å². The van der Waals surface area contributed by atoms with Crippen LogP contribution in [0.5, 0.6) is 5.75 Å². The van der Waals surface area contributed by atoms with Crippen molar-refractivity contribution >= 4 is 6.03 Å². The van der Waals surface area contributed by atoms with Crippen LogP contribution in [0.25, 0.3) is 0 Å². The Bertz CT molecular complexity index is 1360. The minimum absolute atomic E-state index is 0.246. The molecule has 2 amide bonds. The van der Waals surface area contributed by atoms with Gasteiger partial charge in [0, 0.05) is 18.5 Å². The lowest BCUT2D eigenvalue weighted by atomic mass is 9.77. The highest BCUT2D eigenvalue weighted by Crippen LogP contribution is 2.40. The van der Waals surface area contributed by atoms with E-state index in [0.29, 0.717) is 42.7 Å². The molecule has 1 fully saturated rings. The largest absolute Gasteiger partial charge is 0.461 e. The first kappa shape index (κ1) is 29.1. The van der Waals surface area contributed by atoms with E-state index in [1.807, 2.05) is 0 Å². The Morgan fingerprint density at radius 3 is 2.17 bits per heavy atom. The average molecular weight is 576 g/mol. The summed E-state index contributed by atoms with van der Waals surface area (Å²) in [5.74, 6) is -4.00. The monoisotopic (exact) mass is 576 g/mol. The number of halogens is 9. The van der Waals surface area contributed by atoms with E-state index in [2.05, 4.69) is 15.4 Å². The third-order valence-electron chi connectivity index (χ3n) is 6.19. The third kappa shape index (κ3) is 6.62. The summed E-state index contributed by atoms with van der Waals surface area (Å²) in [5.41, 5.74) is -4.30. The third-order valence-corrected chi connectivity index (χ3v) is 6.19. The molecule has 1 atom stereocenters. The molecule has 3 aromatic rings. The van der Waals surface area contributed by atoms with E-state index in [9.17, 15) is 44.3 Å². The molecule has 4 rings (SSSR count). The molecular weight excluding hydrogens is 555 g/mol. The van der Waals surface area contributed by atoms with Crippen LogP contribution in [0.3, 0.4) is 0 Å². The van der Waals surface area contributed by atoms with E-state index in [-0.39, 0.29) is 12.5 Å². The minimum atomic E-state index is -5.18. The predicted molar refractivity (Wildman–Crippen MR) is 125 cm³/mol. The van der Waals surface area contributed by atoms with Gasteiger partial charge in [0.05, 0.1) is 11.1 Å². The summed E-state index contributed by atoms with van der Waals surface area (Å²) >= 11 is 0. The van der Waals surface area contributed by atoms with Gasteiger partial charge >= 0.3 is 24.7 Å². The quantitative estimate of drug-likeness (QED) is 0.266. The Labute approximate surface area is 222 Å². The van der Waals surface area contributed by atoms with Gasteiger partial charge in [0.15, 0.2) is 0 Å². The van der Waals surface area contributed by atoms with Crippen LogP contribution in [0.4, 0.5) is 44.3 Å². The summed E-state index contributed by atoms with van der Waals surface area (Å²) in [6, 6.07) is 10.3. The fraction of sp³-hybridized carbons (Fsp3) is 0.296. The Morgan fingerprint density at radius 2 is 1.57 bits per heavy atom. The lowest BCUT2D eigenvalue weighted by molar-refractivity contribution is -0.253. The van der Waals surface area contributed by atoms with Crippen LogP contribution in [-0.4, -0.2) is 24.6 Å². The Kier molecular flexibility index (Phi) is 7.95. The Hall–Kier alpha value is -3.90. The van der Waals surface area contributed by atoms with Crippen LogP contribution in [0.2, 0.25) is 0 Å². The molecular formula is C27H21F9N2O2. The van der Waals surface area contributed by atoms with Gasteiger partial charge in [-0.25, -0.2) is 13.6 Å². The van der Waals surface area contributed by atoms with Crippen molar-refractivity contribution < 1.29 is 49.0 Å². The number of urea groups is 1. The van der Waals surface area contributed by atoms with E-state index < -0.39 is 64.4 Å². The first-order valence-corrected chi connectivity index (χ1v) is 11.9. The fourth-order valence-electron chi connectivity index (χ4n) is 4.18. The highest BCUT2D eigenvalue weighted by molar-refractivity contribution is 5.77. The standard InChI is InChI=1S/C27H21F9N2O2/c28-18-10-17(11-20(13-18)40-27(35,36)23(30)31)25(14-15-4-2-1-3-5-15,38-24(39)37-19-7-8-19)16-6-9-22(29)21(12-16)26(32,33)34/h1-6,9-13,19,23H,7-8,14H2,(H2,37,38,39)/t25-/m1/s1. The molecule has 0 aliphatic heterocycles. The SMILES string of the molecule is O=C(NC1CC1)N[C@@](Cc1ccccc1)(c1cc(F)cc(OC(F)(F)C(F)F)c1)c1ccc(F)c(C(F)(F)F)c1. The predicted octanol–water partition coefficient (Wildman–Crippen LogP) is 7.17. The average Bonchev–Trinajstić information content (AvgIpc) is 3.67. The maximum absolute atomic E-state index is 14.8. The van der Waals surface area contributed by atoms with Crippen molar-refractivity contribution in [1.82, 2.24) is 10.6 Å². The summed E-state index contributed by atoms with van der Waals surface area (Å²) in [4.78, 5) is 13.0. The molecule has 2 N–H and O–H groups in total. The van der Waals surface area contributed by atoms with Crippen molar-refractivity contribution in [1.29, 1.82) is 0 Å². The smallest absolute Gasteiger partial charge is 0.428 e. The van der Waals surface area contributed by atoms with Gasteiger partial charge < -0.3 is 15.4 Å². The van der Waals surface area contributed by atoms with Crippen molar-refractivity contribution in [2.24, 2.45) is 0 Å². The summed E-state index contributed by atoms with van der Waals surface area (Å²) < 4.78 is 127. The first-order valence-electron chi connectivity index (χ1n) is 11.9. The molecule has 0 bridgehead atoms. The van der Waals surface area contributed by atoms with Crippen LogP contribution in [0.1, 0.15) is 35.1 Å². The van der Waals surface area contributed by atoms with Gasteiger partial charge in [-0.2, -0.15) is 30.7 Å². The second-order valence-corrected chi connectivity index (χ2v) is 9.27. The second kappa shape index (κ2) is 10.9. The Morgan fingerprint density at radius 1 is 0.900 bits per heavy atom. The fourth-order valence-corrected chi connectivity index (χ4v) is 4.18. The van der Waals surface area contributed by atoms with Crippen molar-refractivity contribution in [3.63, 3.8) is 0 Å². The number of ether oxygens (including phenoxy) is 1. The van der Waals surface area contributed by atoms with Crippen LogP contribution in [0, 0.1) is 11.6 Å². The molecule has 1 aliphatic carbocycles. The van der Waals surface area contributed by atoms with Gasteiger partial charge in [-0.05, 0) is 53.8 Å². The van der Waals surface area contributed by atoms with E-state index in [4.69, 9.17) is 0 Å². The molecule has 3 aromatic carbocycles. The molecule has 0 aromatic heterocycles. The lowest BCUT2D eigenvalue weighted by Crippen LogP contribution is -2.52. The highest BCUT2D eigenvalue weighted by Gasteiger charge is 2.45. The molecule has 0 radical (unpaired) electrons. The molecule has 0 unspecified atom stereocenters. The van der Waals surface area contributed by atoms with Crippen molar-refractivity contribution in [2.45, 2.75) is 49.6 Å². The molecule has 1 saturated carbocycles. The van der Waals surface area contributed by atoms with Crippen molar-refractivity contribution in [3.8, 4) is 5.75 Å². The van der Waals surface area contributed by atoms with E-state index in [1.54, 1.807) is 18.2 Å². The van der Waals surface area contributed by atoms with Crippen molar-refractivity contribution in [3.05, 3.63) is 101 Å². The molecule has 214 valence electrons. The summed E-state index contributed by atoms with van der Waals surface area (Å²) in [6.45, 7) is 0. The molecule has 0 saturated heterocycles. The van der Waals surface area contributed by atoms with Gasteiger partial charge in [0.25, 0.3) is 0 Å². The van der Waals surface area contributed by atoms with Gasteiger partial charge in [-0.15, -0.1) is 0 Å².